The summed E-state index contributed by atoms with van der Waals surface area (Å²) in [7, 11) is 1.78. The highest BCUT2D eigenvalue weighted by atomic mass is 16.5. The van der Waals surface area contributed by atoms with E-state index in [-0.39, 0.29) is 0 Å². The van der Waals surface area contributed by atoms with Gasteiger partial charge < -0.3 is 10.5 Å². The fourth-order valence-corrected chi connectivity index (χ4v) is 0.967. The van der Waals surface area contributed by atoms with Crippen molar-refractivity contribution in [2.45, 2.75) is 19.4 Å². The van der Waals surface area contributed by atoms with Crippen LogP contribution in [0.3, 0.4) is 0 Å². The van der Waals surface area contributed by atoms with E-state index in [0.717, 1.165) is 0 Å². The van der Waals surface area contributed by atoms with Gasteiger partial charge in [0, 0.05) is 7.05 Å². The van der Waals surface area contributed by atoms with E-state index in [9.17, 15) is 4.79 Å². The lowest BCUT2D eigenvalue weighted by Crippen LogP contribution is -2.32. The normalized spacial score (nSPS) is 12.5. The predicted octanol–water partition coefficient (Wildman–Crippen LogP) is 0.0628. The number of primary amides is 1. The van der Waals surface area contributed by atoms with E-state index in [0.29, 0.717) is 12.2 Å². The van der Waals surface area contributed by atoms with Gasteiger partial charge >= 0.3 is 0 Å². The van der Waals surface area contributed by atoms with Crippen LogP contribution in [-0.4, -0.2) is 21.8 Å². The van der Waals surface area contributed by atoms with E-state index in [4.69, 9.17) is 10.5 Å². The second-order valence-corrected chi connectivity index (χ2v) is 2.77. The second kappa shape index (κ2) is 3.93. The van der Waals surface area contributed by atoms with E-state index in [1.165, 1.54) is 0 Å². The molecule has 5 nitrogen and oxygen atoms in total. The molecule has 0 radical (unpaired) electrons. The third kappa shape index (κ3) is 2.47. The number of carbonyl (C=O) groups excluding carboxylic acids is 1. The van der Waals surface area contributed by atoms with Gasteiger partial charge in [0.15, 0.2) is 11.9 Å². The average molecular weight is 183 g/mol. The van der Waals surface area contributed by atoms with Crippen LogP contribution in [0.4, 0.5) is 0 Å². The van der Waals surface area contributed by atoms with E-state index in [2.05, 4.69) is 5.10 Å². The molecule has 1 atom stereocenters. The molecule has 1 unspecified atom stereocenters. The first-order valence-electron chi connectivity index (χ1n) is 4.08. The smallest absolute Gasteiger partial charge is 0.258 e. The topological polar surface area (TPSA) is 70.1 Å². The molecule has 72 valence electrons. The molecule has 1 aromatic rings. The third-order valence-corrected chi connectivity index (χ3v) is 1.65. The number of amides is 1. The molecular formula is C8H13N3O2. The summed E-state index contributed by atoms with van der Waals surface area (Å²) < 4.78 is 6.89. The quantitative estimate of drug-likeness (QED) is 0.717. The molecule has 0 bridgehead atoms. The monoisotopic (exact) mass is 183 g/mol. The zero-order chi connectivity index (χ0) is 9.84. The van der Waals surface area contributed by atoms with Crippen LogP contribution in [0.1, 0.15) is 13.3 Å². The van der Waals surface area contributed by atoms with E-state index in [1.54, 1.807) is 24.1 Å². The first kappa shape index (κ1) is 9.57. The molecule has 1 amide bonds. The van der Waals surface area contributed by atoms with Crippen LogP contribution in [-0.2, 0) is 11.8 Å². The Balaban J connectivity index is 2.61. The van der Waals surface area contributed by atoms with Crippen molar-refractivity contribution in [2.24, 2.45) is 12.8 Å². The summed E-state index contributed by atoms with van der Waals surface area (Å²) in [5.74, 6) is 0.111. The van der Waals surface area contributed by atoms with Crippen molar-refractivity contribution in [3.8, 4) is 5.75 Å². The Bertz CT molecular complexity index is 295. The van der Waals surface area contributed by atoms with Crippen LogP contribution in [0, 0.1) is 0 Å². The summed E-state index contributed by atoms with van der Waals surface area (Å²) in [6.07, 6.45) is 3.23. The fraction of sp³-hybridized carbons (Fsp3) is 0.500. The highest BCUT2D eigenvalue weighted by molar-refractivity contribution is 5.79. The summed E-state index contributed by atoms with van der Waals surface area (Å²) in [6.45, 7) is 1.84. The maximum atomic E-state index is 10.8. The van der Waals surface area contributed by atoms with Gasteiger partial charge in [-0.3, -0.25) is 9.48 Å². The van der Waals surface area contributed by atoms with Gasteiger partial charge in [-0.05, 0) is 6.42 Å². The number of nitrogens with zero attached hydrogens (tertiary/aromatic N) is 2. The molecule has 0 spiro atoms. The maximum absolute atomic E-state index is 10.8. The highest BCUT2D eigenvalue weighted by Crippen LogP contribution is 2.10. The van der Waals surface area contributed by atoms with Gasteiger partial charge in [-0.2, -0.15) is 5.10 Å². The number of carbonyl (C=O) groups is 1. The average Bonchev–Trinajstić information content (AvgIpc) is 2.46. The number of hydrogen-bond donors (Lipinski definition) is 1. The van der Waals surface area contributed by atoms with Crippen molar-refractivity contribution < 1.29 is 9.53 Å². The van der Waals surface area contributed by atoms with Crippen LogP contribution < -0.4 is 10.5 Å². The van der Waals surface area contributed by atoms with Crippen molar-refractivity contribution in [2.75, 3.05) is 0 Å². The number of ether oxygens (including phenoxy) is 1. The lowest BCUT2D eigenvalue weighted by Gasteiger charge is -2.11. The lowest BCUT2D eigenvalue weighted by atomic mass is 10.3. The number of hydrogen-bond acceptors (Lipinski definition) is 3. The Hall–Kier alpha value is -1.52. The summed E-state index contributed by atoms with van der Waals surface area (Å²) in [4.78, 5) is 10.8. The van der Waals surface area contributed by atoms with Gasteiger partial charge in [0.05, 0.1) is 12.4 Å². The van der Waals surface area contributed by atoms with Crippen LogP contribution in [0.15, 0.2) is 12.4 Å². The molecule has 0 saturated carbocycles. The molecule has 0 saturated heterocycles. The van der Waals surface area contributed by atoms with Crippen LogP contribution in [0.5, 0.6) is 5.75 Å². The van der Waals surface area contributed by atoms with Gasteiger partial charge in [0.2, 0.25) is 0 Å². The van der Waals surface area contributed by atoms with Gasteiger partial charge in [0.1, 0.15) is 0 Å². The van der Waals surface area contributed by atoms with Crippen molar-refractivity contribution in [3.63, 3.8) is 0 Å². The van der Waals surface area contributed by atoms with Gasteiger partial charge in [-0.25, -0.2) is 0 Å². The fourth-order valence-electron chi connectivity index (χ4n) is 0.967. The molecular weight excluding hydrogens is 170 g/mol. The van der Waals surface area contributed by atoms with Crippen molar-refractivity contribution in [3.05, 3.63) is 12.4 Å². The number of aryl methyl sites for hydroxylation is 1. The number of nitrogens with two attached hydrogens (primary N) is 1. The Morgan fingerprint density at radius 1 is 1.85 bits per heavy atom. The molecule has 0 aromatic carbocycles. The van der Waals surface area contributed by atoms with E-state index in [1.807, 2.05) is 6.92 Å². The zero-order valence-corrected chi connectivity index (χ0v) is 7.73. The van der Waals surface area contributed by atoms with Crippen LogP contribution in [0.25, 0.3) is 0 Å². The minimum atomic E-state index is -0.566. The Morgan fingerprint density at radius 2 is 2.54 bits per heavy atom. The first-order valence-corrected chi connectivity index (χ1v) is 4.08. The van der Waals surface area contributed by atoms with E-state index < -0.39 is 12.0 Å². The second-order valence-electron chi connectivity index (χ2n) is 2.77. The van der Waals surface area contributed by atoms with Crippen LogP contribution in [0.2, 0.25) is 0 Å². The molecule has 5 heteroatoms. The molecule has 0 aliphatic carbocycles. The van der Waals surface area contributed by atoms with Gasteiger partial charge in [-0.1, -0.05) is 6.92 Å². The largest absolute Gasteiger partial charge is 0.477 e. The van der Waals surface area contributed by atoms with Gasteiger partial charge in [0.25, 0.3) is 5.91 Å². The Morgan fingerprint density at radius 3 is 2.92 bits per heavy atom. The highest BCUT2D eigenvalue weighted by Gasteiger charge is 2.14. The third-order valence-electron chi connectivity index (χ3n) is 1.65. The number of rotatable bonds is 4. The van der Waals surface area contributed by atoms with Crippen molar-refractivity contribution in [1.82, 2.24) is 9.78 Å². The van der Waals surface area contributed by atoms with Crippen molar-refractivity contribution >= 4 is 5.91 Å². The zero-order valence-electron chi connectivity index (χ0n) is 7.73. The minimum absolute atomic E-state index is 0.452. The molecule has 1 rings (SSSR count). The summed E-state index contributed by atoms with van der Waals surface area (Å²) in [5.41, 5.74) is 5.11. The van der Waals surface area contributed by atoms with Crippen molar-refractivity contribution in [1.29, 1.82) is 0 Å². The lowest BCUT2D eigenvalue weighted by molar-refractivity contribution is -0.124. The standard InChI is InChI=1S/C8H13N3O2/c1-3-7(8(9)12)13-6-4-10-11(2)5-6/h4-5,7H,3H2,1-2H3,(H2,9,12). The Labute approximate surface area is 76.5 Å². The first-order chi connectivity index (χ1) is 6.13. The maximum Gasteiger partial charge on any atom is 0.258 e. The summed E-state index contributed by atoms with van der Waals surface area (Å²) >= 11 is 0. The minimum Gasteiger partial charge on any atom is -0.477 e. The SMILES string of the molecule is CCC(Oc1cnn(C)c1)C(N)=O. The summed E-state index contributed by atoms with van der Waals surface area (Å²) in [5, 5.41) is 3.90. The molecule has 13 heavy (non-hydrogen) atoms. The van der Waals surface area contributed by atoms with Gasteiger partial charge in [-0.15, -0.1) is 0 Å². The molecule has 1 aromatic heterocycles. The Kier molecular flexibility index (Phi) is 2.89. The number of aromatic nitrogens is 2. The molecule has 0 aliphatic heterocycles. The molecule has 1 heterocycles. The van der Waals surface area contributed by atoms with Crippen LogP contribution >= 0.6 is 0 Å². The molecule has 0 fully saturated rings. The van der Waals surface area contributed by atoms with E-state index >= 15 is 0 Å². The summed E-state index contributed by atoms with van der Waals surface area (Å²) in [6, 6.07) is 0. The molecule has 2 N–H and O–H groups in total. The predicted molar refractivity (Wildman–Crippen MR) is 47.1 cm³/mol. The molecule has 0 aliphatic rings.